The maximum absolute atomic E-state index is 11.6. The Balaban J connectivity index is 1.80. The van der Waals surface area contributed by atoms with Gasteiger partial charge >= 0.3 is 5.97 Å². The summed E-state index contributed by atoms with van der Waals surface area (Å²) in [4.78, 5) is 16.4. The summed E-state index contributed by atoms with van der Waals surface area (Å²) in [7, 11) is 0. The summed E-state index contributed by atoms with van der Waals surface area (Å²) in [6, 6.07) is 0. The fourth-order valence-corrected chi connectivity index (χ4v) is 3.97. The van der Waals surface area contributed by atoms with Crippen molar-refractivity contribution >= 4 is 5.97 Å². The molecule has 0 amide bonds. The highest BCUT2D eigenvalue weighted by molar-refractivity contribution is 5.76. The first-order valence-corrected chi connectivity index (χ1v) is 7.80. The largest absolute Gasteiger partial charge is 0.481 e. The lowest BCUT2D eigenvalue weighted by atomic mass is 9.81. The smallest absolute Gasteiger partial charge is 0.311 e. The molecule has 0 radical (unpaired) electrons. The number of aliphatic carboxylic acids is 1. The summed E-state index contributed by atoms with van der Waals surface area (Å²) < 4.78 is 0. The molecule has 2 aliphatic rings. The number of hydrogen-bond acceptors (Lipinski definition) is 3. The van der Waals surface area contributed by atoms with Gasteiger partial charge in [0.25, 0.3) is 0 Å². The maximum atomic E-state index is 11.6. The molecular formula is C15H28N2O2. The van der Waals surface area contributed by atoms with E-state index in [1.54, 1.807) is 0 Å². The van der Waals surface area contributed by atoms with Crippen LogP contribution < -0.4 is 0 Å². The van der Waals surface area contributed by atoms with Crippen LogP contribution in [0.25, 0.3) is 0 Å². The molecule has 1 aliphatic carbocycles. The molecule has 110 valence electrons. The Labute approximate surface area is 116 Å². The molecule has 0 aromatic carbocycles. The Morgan fingerprint density at radius 2 is 2.16 bits per heavy atom. The van der Waals surface area contributed by atoms with Gasteiger partial charge < -0.3 is 14.9 Å². The van der Waals surface area contributed by atoms with Gasteiger partial charge in [-0.05, 0) is 51.4 Å². The van der Waals surface area contributed by atoms with Crippen LogP contribution in [-0.2, 0) is 4.79 Å². The molecule has 0 aromatic heterocycles. The summed E-state index contributed by atoms with van der Waals surface area (Å²) in [5.41, 5.74) is -0.408. The molecule has 0 aromatic rings. The fraction of sp³-hybridized carbons (Fsp3) is 0.933. The maximum Gasteiger partial charge on any atom is 0.311 e. The van der Waals surface area contributed by atoms with Crippen LogP contribution in [0.5, 0.6) is 0 Å². The van der Waals surface area contributed by atoms with Crippen molar-refractivity contribution in [1.82, 2.24) is 9.80 Å². The predicted molar refractivity (Wildman–Crippen MR) is 76.3 cm³/mol. The van der Waals surface area contributed by atoms with E-state index in [1.165, 1.54) is 0 Å². The number of carboxylic acids is 1. The summed E-state index contributed by atoms with van der Waals surface area (Å²) in [5, 5.41) is 9.55. The lowest BCUT2D eigenvalue weighted by Gasteiger charge is -2.24. The number of likely N-dealkylation sites (tertiary alicyclic amines) is 1. The van der Waals surface area contributed by atoms with Crippen LogP contribution in [0.15, 0.2) is 0 Å². The standard InChI is InChI=1S/C15H28N2O2/c1-3-16(4-2)9-6-10-17-11-13-7-5-8-15(13,12-17)14(18)19/h13H,3-12H2,1-2H3,(H,18,19)/t13-,15+/m0/s1. The van der Waals surface area contributed by atoms with Crippen molar-refractivity contribution in [1.29, 1.82) is 0 Å². The van der Waals surface area contributed by atoms with E-state index >= 15 is 0 Å². The Morgan fingerprint density at radius 3 is 2.74 bits per heavy atom. The molecule has 1 saturated heterocycles. The second-order valence-electron chi connectivity index (χ2n) is 6.17. The van der Waals surface area contributed by atoms with E-state index in [-0.39, 0.29) is 0 Å². The second kappa shape index (κ2) is 6.23. The van der Waals surface area contributed by atoms with E-state index in [9.17, 15) is 9.90 Å². The molecule has 0 bridgehead atoms. The molecule has 1 heterocycles. The molecule has 0 spiro atoms. The monoisotopic (exact) mass is 268 g/mol. The summed E-state index contributed by atoms with van der Waals surface area (Å²) in [5.74, 6) is -0.153. The molecule has 1 aliphatic heterocycles. The number of fused-ring (bicyclic) bond motifs is 1. The normalized spacial score (nSPS) is 31.0. The van der Waals surface area contributed by atoms with Crippen LogP contribution in [0.2, 0.25) is 0 Å². The molecule has 2 fully saturated rings. The van der Waals surface area contributed by atoms with Crippen molar-refractivity contribution < 1.29 is 9.90 Å². The molecule has 2 rings (SSSR count). The number of nitrogens with zero attached hydrogens (tertiary/aromatic N) is 2. The molecular weight excluding hydrogens is 240 g/mol. The summed E-state index contributed by atoms with van der Waals surface area (Å²) in [6.07, 6.45) is 4.26. The molecule has 4 nitrogen and oxygen atoms in total. The van der Waals surface area contributed by atoms with Gasteiger partial charge in [-0.1, -0.05) is 20.3 Å². The number of carbonyl (C=O) groups is 1. The predicted octanol–water partition coefficient (Wildman–Crippen LogP) is 1.91. The van der Waals surface area contributed by atoms with E-state index in [4.69, 9.17) is 0 Å². The third kappa shape index (κ3) is 2.95. The van der Waals surface area contributed by atoms with Gasteiger partial charge in [-0.25, -0.2) is 0 Å². The van der Waals surface area contributed by atoms with Crippen LogP contribution in [-0.4, -0.2) is 60.1 Å². The molecule has 1 N–H and O–H groups in total. The zero-order valence-electron chi connectivity index (χ0n) is 12.4. The minimum Gasteiger partial charge on any atom is -0.481 e. The Kier molecular flexibility index (Phi) is 4.85. The zero-order chi connectivity index (χ0) is 13.9. The number of rotatable bonds is 7. The average molecular weight is 268 g/mol. The van der Waals surface area contributed by atoms with Crippen LogP contribution in [0.3, 0.4) is 0 Å². The van der Waals surface area contributed by atoms with Crippen LogP contribution in [0.1, 0.15) is 39.5 Å². The van der Waals surface area contributed by atoms with Gasteiger partial charge in [0, 0.05) is 13.1 Å². The minimum absolute atomic E-state index is 0.401. The number of carboxylic acid groups (broad SMARTS) is 1. The quantitative estimate of drug-likeness (QED) is 0.766. The lowest BCUT2D eigenvalue weighted by molar-refractivity contribution is -0.149. The molecule has 4 heteroatoms. The van der Waals surface area contributed by atoms with Crippen molar-refractivity contribution in [2.45, 2.75) is 39.5 Å². The van der Waals surface area contributed by atoms with Gasteiger partial charge in [0.15, 0.2) is 0 Å². The highest BCUT2D eigenvalue weighted by Crippen LogP contribution is 2.48. The van der Waals surface area contributed by atoms with E-state index in [1.807, 2.05) is 0 Å². The molecule has 19 heavy (non-hydrogen) atoms. The van der Waals surface area contributed by atoms with Crippen molar-refractivity contribution in [2.24, 2.45) is 11.3 Å². The van der Waals surface area contributed by atoms with Gasteiger partial charge in [-0.2, -0.15) is 0 Å². The van der Waals surface area contributed by atoms with Gasteiger partial charge in [0.1, 0.15) is 0 Å². The topological polar surface area (TPSA) is 43.8 Å². The Bertz CT molecular complexity index is 317. The lowest BCUT2D eigenvalue weighted by Crippen LogP contribution is -2.36. The van der Waals surface area contributed by atoms with Crippen LogP contribution in [0, 0.1) is 11.3 Å². The van der Waals surface area contributed by atoms with Gasteiger partial charge in [-0.15, -0.1) is 0 Å². The first kappa shape index (κ1) is 14.8. The Hall–Kier alpha value is -0.610. The van der Waals surface area contributed by atoms with Crippen molar-refractivity contribution in [3.63, 3.8) is 0 Å². The van der Waals surface area contributed by atoms with Gasteiger partial charge in [-0.3, -0.25) is 4.79 Å². The van der Waals surface area contributed by atoms with Crippen LogP contribution in [0.4, 0.5) is 0 Å². The average Bonchev–Trinajstić information content (AvgIpc) is 2.92. The summed E-state index contributed by atoms with van der Waals surface area (Å²) in [6.45, 7) is 10.6. The van der Waals surface area contributed by atoms with E-state index < -0.39 is 11.4 Å². The summed E-state index contributed by atoms with van der Waals surface area (Å²) >= 11 is 0. The second-order valence-corrected chi connectivity index (χ2v) is 6.17. The van der Waals surface area contributed by atoms with Crippen molar-refractivity contribution in [3.05, 3.63) is 0 Å². The van der Waals surface area contributed by atoms with Crippen molar-refractivity contribution in [3.8, 4) is 0 Å². The van der Waals surface area contributed by atoms with Crippen LogP contribution >= 0.6 is 0 Å². The van der Waals surface area contributed by atoms with E-state index in [0.717, 1.165) is 65.0 Å². The van der Waals surface area contributed by atoms with E-state index in [2.05, 4.69) is 23.6 Å². The molecule has 1 saturated carbocycles. The first-order chi connectivity index (χ1) is 9.12. The molecule has 0 unspecified atom stereocenters. The van der Waals surface area contributed by atoms with Crippen molar-refractivity contribution in [2.75, 3.05) is 39.3 Å². The Morgan fingerprint density at radius 1 is 1.42 bits per heavy atom. The number of hydrogen-bond donors (Lipinski definition) is 1. The molecule has 2 atom stereocenters. The minimum atomic E-state index is -0.554. The first-order valence-electron chi connectivity index (χ1n) is 7.80. The fourth-order valence-electron chi connectivity index (χ4n) is 3.97. The highest BCUT2D eigenvalue weighted by atomic mass is 16.4. The third-order valence-corrected chi connectivity index (χ3v) is 5.21. The highest BCUT2D eigenvalue weighted by Gasteiger charge is 2.54. The SMILES string of the molecule is CCN(CC)CCCN1C[C@@H]2CCC[C@@]2(C(=O)O)C1. The van der Waals surface area contributed by atoms with Gasteiger partial charge in [0.2, 0.25) is 0 Å². The zero-order valence-corrected chi connectivity index (χ0v) is 12.4. The van der Waals surface area contributed by atoms with E-state index in [0.29, 0.717) is 5.92 Å². The van der Waals surface area contributed by atoms with Gasteiger partial charge in [0.05, 0.1) is 5.41 Å². The third-order valence-electron chi connectivity index (χ3n) is 5.21.